The first-order chi connectivity index (χ1) is 13.1. The third-order valence-electron chi connectivity index (χ3n) is 4.52. The molecule has 1 saturated heterocycles. The molecular formula is C17H23N7O3. The van der Waals surface area contributed by atoms with E-state index in [2.05, 4.69) is 27.7 Å². The van der Waals surface area contributed by atoms with Crippen molar-refractivity contribution in [2.75, 3.05) is 23.3 Å². The number of piperidine rings is 1. The third kappa shape index (κ3) is 4.57. The lowest BCUT2D eigenvalue weighted by Gasteiger charge is -2.28. The molecule has 1 amide bonds. The van der Waals surface area contributed by atoms with Gasteiger partial charge in [0, 0.05) is 24.7 Å². The molecule has 1 aliphatic heterocycles. The van der Waals surface area contributed by atoms with Gasteiger partial charge in [0.1, 0.15) is 5.69 Å². The molecule has 2 heterocycles. The highest BCUT2D eigenvalue weighted by Gasteiger charge is 2.23. The Kier molecular flexibility index (Phi) is 5.94. The molecule has 0 unspecified atom stereocenters. The van der Waals surface area contributed by atoms with Gasteiger partial charge in [-0.1, -0.05) is 18.4 Å². The van der Waals surface area contributed by atoms with E-state index in [0.29, 0.717) is 12.2 Å². The van der Waals surface area contributed by atoms with Gasteiger partial charge >= 0.3 is 0 Å². The number of carbonyl (C=O) groups is 1. The van der Waals surface area contributed by atoms with Crippen molar-refractivity contribution in [3.8, 4) is 0 Å². The normalized spacial score (nSPS) is 14.2. The fourth-order valence-corrected chi connectivity index (χ4v) is 3.07. The topological polar surface area (TPSA) is 119 Å². The minimum atomic E-state index is -0.502. The van der Waals surface area contributed by atoms with Gasteiger partial charge in [0.2, 0.25) is 0 Å². The highest BCUT2D eigenvalue weighted by molar-refractivity contribution is 6.04. The molecule has 1 N–H and O–H groups in total. The van der Waals surface area contributed by atoms with Gasteiger partial charge in [-0.15, -0.1) is 5.10 Å². The second-order valence-electron chi connectivity index (χ2n) is 6.52. The number of benzene rings is 1. The monoisotopic (exact) mass is 373 g/mol. The van der Waals surface area contributed by atoms with E-state index in [0.717, 1.165) is 45.2 Å². The van der Waals surface area contributed by atoms with Gasteiger partial charge in [-0.3, -0.25) is 20.2 Å². The molecule has 0 radical (unpaired) electrons. The van der Waals surface area contributed by atoms with Crippen LogP contribution in [0.25, 0.3) is 0 Å². The van der Waals surface area contributed by atoms with Gasteiger partial charge in [-0.2, -0.15) is 4.80 Å². The van der Waals surface area contributed by atoms with Crippen molar-refractivity contribution in [2.45, 2.75) is 45.6 Å². The Balaban J connectivity index is 1.75. The molecule has 1 fully saturated rings. The van der Waals surface area contributed by atoms with Crippen LogP contribution < -0.4 is 10.2 Å². The van der Waals surface area contributed by atoms with E-state index in [4.69, 9.17) is 0 Å². The lowest BCUT2D eigenvalue weighted by atomic mass is 10.1. The summed E-state index contributed by atoms with van der Waals surface area (Å²) >= 11 is 0. The molecule has 1 aliphatic rings. The minimum Gasteiger partial charge on any atom is -0.366 e. The predicted molar refractivity (Wildman–Crippen MR) is 99.8 cm³/mol. The van der Waals surface area contributed by atoms with E-state index in [1.54, 1.807) is 12.1 Å². The number of amides is 1. The molecule has 0 spiro atoms. The van der Waals surface area contributed by atoms with Crippen LogP contribution in [0.15, 0.2) is 18.2 Å². The zero-order chi connectivity index (χ0) is 19.2. The molecule has 0 aliphatic carbocycles. The van der Waals surface area contributed by atoms with Crippen molar-refractivity contribution in [1.29, 1.82) is 0 Å². The third-order valence-corrected chi connectivity index (χ3v) is 4.52. The highest BCUT2D eigenvalue weighted by Crippen LogP contribution is 2.31. The standard InChI is InChI=1S/C17H23N7O3/c1-2-3-11-23-20-17(19-21-23)18-16(25)13-7-8-14(15(12-13)24(26)27)22-9-5-4-6-10-22/h7-8,12H,2-6,9-11H2,1H3,(H,18,20,25). The van der Waals surface area contributed by atoms with Gasteiger partial charge in [-0.05, 0) is 43.0 Å². The Hall–Kier alpha value is -3.04. The number of hydrogen-bond donors (Lipinski definition) is 1. The fraction of sp³-hybridized carbons (Fsp3) is 0.529. The molecule has 27 heavy (non-hydrogen) atoms. The molecule has 2 aromatic rings. The summed E-state index contributed by atoms with van der Waals surface area (Å²) in [6.07, 6.45) is 5.07. The van der Waals surface area contributed by atoms with Crippen LogP contribution in [0.3, 0.4) is 0 Å². The van der Waals surface area contributed by atoms with Gasteiger partial charge in [0.25, 0.3) is 17.5 Å². The predicted octanol–water partition coefficient (Wildman–Crippen LogP) is 2.62. The Morgan fingerprint density at radius 1 is 1.30 bits per heavy atom. The van der Waals surface area contributed by atoms with Crippen LogP contribution in [-0.4, -0.2) is 44.1 Å². The summed E-state index contributed by atoms with van der Waals surface area (Å²) in [6.45, 7) is 4.25. The van der Waals surface area contributed by atoms with E-state index >= 15 is 0 Å². The lowest BCUT2D eigenvalue weighted by molar-refractivity contribution is -0.384. The van der Waals surface area contributed by atoms with Crippen LogP contribution in [0.5, 0.6) is 0 Å². The largest absolute Gasteiger partial charge is 0.366 e. The van der Waals surface area contributed by atoms with Gasteiger partial charge in [0.05, 0.1) is 11.5 Å². The van der Waals surface area contributed by atoms with Crippen molar-refractivity contribution in [3.63, 3.8) is 0 Å². The molecule has 1 aromatic carbocycles. The maximum Gasteiger partial charge on any atom is 0.293 e. The second kappa shape index (κ2) is 8.56. The summed E-state index contributed by atoms with van der Waals surface area (Å²) in [4.78, 5) is 26.9. The SMILES string of the molecule is CCCCn1nnc(NC(=O)c2ccc(N3CCCCC3)c([N+](=O)[O-])c2)n1. The van der Waals surface area contributed by atoms with Crippen molar-refractivity contribution in [1.82, 2.24) is 20.2 Å². The van der Waals surface area contributed by atoms with E-state index in [-0.39, 0.29) is 17.2 Å². The van der Waals surface area contributed by atoms with Gasteiger partial charge < -0.3 is 4.90 Å². The van der Waals surface area contributed by atoms with Crippen LogP contribution >= 0.6 is 0 Å². The summed E-state index contributed by atoms with van der Waals surface area (Å²) in [5.41, 5.74) is 0.677. The number of aryl methyl sites for hydroxylation is 1. The van der Waals surface area contributed by atoms with Crippen molar-refractivity contribution in [2.24, 2.45) is 0 Å². The van der Waals surface area contributed by atoms with E-state index in [9.17, 15) is 14.9 Å². The number of nitrogens with zero attached hydrogens (tertiary/aromatic N) is 6. The molecule has 0 atom stereocenters. The summed E-state index contributed by atoms with van der Waals surface area (Å²) in [5.74, 6) is -0.419. The van der Waals surface area contributed by atoms with Crippen molar-refractivity contribution in [3.05, 3.63) is 33.9 Å². The van der Waals surface area contributed by atoms with E-state index < -0.39 is 10.8 Å². The summed E-state index contributed by atoms with van der Waals surface area (Å²) in [6, 6.07) is 4.54. The number of carbonyl (C=O) groups excluding carboxylic acids is 1. The molecular weight excluding hydrogens is 350 g/mol. The fourth-order valence-electron chi connectivity index (χ4n) is 3.07. The molecule has 3 rings (SSSR count). The van der Waals surface area contributed by atoms with Gasteiger partial charge in [0.15, 0.2) is 0 Å². The first-order valence-corrected chi connectivity index (χ1v) is 9.21. The average Bonchev–Trinajstić information content (AvgIpc) is 3.13. The summed E-state index contributed by atoms with van der Waals surface area (Å²) in [7, 11) is 0. The first-order valence-electron chi connectivity index (χ1n) is 9.21. The lowest BCUT2D eigenvalue weighted by Crippen LogP contribution is -2.30. The number of nitro benzene ring substituents is 1. The Bertz CT molecular complexity index is 815. The zero-order valence-electron chi connectivity index (χ0n) is 15.3. The smallest absolute Gasteiger partial charge is 0.293 e. The van der Waals surface area contributed by atoms with Crippen LogP contribution in [0.4, 0.5) is 17.3 Å². The number of tetrazole rings is 1. The number of anilines is 2. The first kappa shape index (κ1) is 18.7. The Morgan fingerprint density at radius 2 is 2.07 bits per heavy atom. The molecule has 0 saturated carbocycles. The van der Waals surface area contributed by atoms with Crippen LogP contribution in [-0.2, 0) is 6.54 Å². The quantitative estimate of drug-likeness (QED) is 0.585. The van der Waals surface area contributed by atoms with E-state index in [1.165, 1.54) is 10.9 Å². The number of rotatable bonds is 7. The Morgan fingerprint density at radius 3 is 2.78 bits per heavy atom. The number of aromatic nitrogens is 4. The summed E-state index contributed by atoms with van der Waals surface area (Å²) < 4.78 is 0. The highest BCUT2D eigenvalue weighted by atomic mass is 16.6. The maximum atomic E-state index is 12.4. The Labute approximate surface area is 156 Å². The molecule has 0 bridgehead atoms. The van der Waals surface area contributed by atoms with Crippen LogP contribution in [0, 0.1) is 10.1 Å². The van der Waals surface area contributed by atoms with Gasteiger partial charge in [-0.25, -0.2) is 0 Å². The maximum absolute atomic E-state index is 12.4. The second-order valence-corrected chi connectivity index (χ2v) is 6.52. The summed E-state index contributed by atoms with van der Waals surface area (Å²) in [5, 5.41) is 25.8. The van der Waals surface area contributed by atoms with Crippen molar-refractivity contribution < 1.29 is 9.72 Å². The molecule has 10 heteroatoms. The number of unbranched alkanes of at least 4 members (excludes halogenated alkanes) is 1. The van der Waals surface area contributed by atoms with Crippen molar-refractivity contribution >= 4 is 23.2 Å². The van der Waals surface area contributed by atoms with Crippen LogP contribution in [0.1, 0.15) is 49.4 Å². The number of hydrogen-bond acceptors (Lipinski definition) is 7. The molecule has 1 aromatic heterocycles. The number of nitrogens with one attached hydrogen (secondary N) is 1. The minimum absolute atomic E-state index is 0.0656. The van der Waals surface area contributed by atoms with E-state index in [1.807, 2.05) is 4.90 Å². The average molecular weight is 373 g/mol. The molecule has 144 valence electrons. The van der Waals surface area contributed by atoms with Crippen LogP contribution in [0.2, 0.25) is 0 Å². The number of nitro groups is 1. The molecule has 10 nitrogen and oxygen atoms in total. The zero-order valence-corrected chi connectivity index (χ0v) is 15.3.